The van der Waals surface area contributed by atoms with E-state index in [0.29, 0.717) is 6.29 Å². The van der Waals surface area contributed by atoms with E-state index < -0.39 is 17.6 Å². The Kier molecular flexibility index (Phi) is 4.87. The van der Waals surface area contributed by atoms with Crippen molar-refractivity contribution in [3.63, 3.8) is 0 Å². The van der Waals surface area contributed by atoms with Crippen LogP contribution in [0.1, 0.15) is 20.7 Å². The van der Waals surface area contributed by atoms with Gasteiger partial charge >= 0.3 is 5.97 Å². The van der Waals surface area contributed by atoms with E-state index >= 15 is 0 Å². The average molecular weight is 370 g/mol. The van der Waals surface area contributed by atoms with Crippen molar-refractivity contribution in [2.75, 3.05) is 12.4 Å². The quantitative estimate of drug-likeness (QED) is 0.651. The second-order valence-electron chi connectivity index (χ2n) is 4.28. The molecule has 114 valence electrons. The number of aldehydes is 1. The van der Waals surface area contributed by atoms with Crippen molar-refractivity contribution >= 4 is 39.6 Å². The van der Waals surface area contributed by atoms with Crippen molar-refractivity contribution < 1.29 is 23.1 Å². The molecule has 0 heterocycles. The number of benzene rings is 2. The van der Waals surface area contributed by atoms with Crippen LogP contribution in [0, 0.1) is 11.6 Å². The lowest BCUT2D eigenvalue weighted by atomic mass is 10.1. The van der Waals surface area contributed by atoms with Crippen LogP contribution in [0.3, 0.4) is 0 Å². The molecule has 1 N–H and O–H groups in total. The van der Waals surface area contributed by atoms with Crippen LogP contribution in [0.5, 0.6) is 0 Å². The monoisotopic (exact) mass is 369 g/mol. The first-order chi connectivity index (χ1) is 10.5. The van der Waals surface area contributed by atoms with Gasteiger partial charge in [-0.25, -0.2) is 13.6 Å². The maximum atomic E-state index is 13.5. The van der Waals surface area contributed by atoms with E-state index in [9.17, 15) is 18.4 Å². The highest BCUT2D eigenvalue weighted by molar-refractivity contribution is 9.10. The Bertz CT molecular complexity index is 750. The zero-order valence-electron chi connectivity index (χ0n) is 11.3. The highest BCUT2D eigenvalue weighted by Gasteiger charge is 2.18. The Morgan fingerprint density at radius 1 is 1.23 bits per heavy atom. The molecular formula is C15H10BrF2NO3. The third kappa shape index (κ3) is 3.30. The van der Waals surface area contributed by atoms with Crippen molar-refractivity contribution in [1.29, 1.82) is 0 Å². The molecule has 0 bridgehead atoms. The number of carbonyl (C=O) groups is 2. The number of methoxy groups -OCH3 is 1. The lowest BCUT2D eigenvalue weighted by Gasteiger charge is -2.14. The standard InChI is InChI=1S/C15H10BrF2NO3/c1-22-15(21)11-5-10(18)6-12(16)14(11)19-13-3-2-9(17)4-8(13)7-20/h2-7,19H,1H3. The number of rotatable bonds is 4. The van der Waals surface area contributed by atoms with E-state index in [1.807, 2.05) is 0 Å². The molecule has 0 atom stereocenters. The minimum absolute atomic E-state index is 0.0597. The van der Waals surface area contributed by atoms with Gasteiger partial charge in [-0.3, -0.25) is 4.79 Å². The molecule has 0 aliphatic carbocycles. The molecule has 22 heavy (non-hydrogen) atoms. The number of hydrogen-bond donors (Lipinski definition) is 1. The summed E-state index contributed by atoms with van der Waals surface area (Å²) in [6, 6.07) is 5.70. The molecule has 2 rings (SSSR count). The van der Waals surface area contributed by atoms with Crippen LogP contribution in [0.25, 0.3) is 0 Å². The number of hydrogen-bond acceptors (Lipinski definition) is 4. The van der Waals surface area contributed by atoms with Crippen LogP contribution < -0.4 is 5.32 Å². The van der Waals surface area contributed by atoms with Gasteiger partial charge in [0, 0.05) is 15.7 Å². The highest BCUT2D eigenvalue weighted by atomic mass is 79.9. The smallest absolute Gasteiger partial charge is 0.340 e. The summed E-state index contributed by atoms with van der Waals surface area (Å²) < 4.78 is 31.5. The van der Waals surface area contributed by atoms with Crippen molar-refractivity contribution in [2.24, 2.45) is 0 Å². The second-order valence-corrected chi connectivity index (χ2v) is 5.13. The van der Waals surface area contributed by atoms with Gasteiger partial charge in [0.25, 0.3) is 0 Å². The summed E-state index contributed by atoms with van der Waals surface area (Å²) >= 11 is 3.14. The zero-order valence-corrected chi connectivity index (χ0v) is 12.9. The maximum Gasteiger partial charge on any atom is 0.340 e. The number of nitrogens with one attached hydrogen (secondary N) is 1. The van der Waals surface area contributed by atoms with Crippen molar-refractivity contribution in [3.8, 4) is 0 Å². The van der Waals surface area contributed by atoms with Gasteiger partial charge in [0.15, 0.2) is 6.29 Å². The molecule has 0 amide bonds. The summed E-state index contributed by atoms with van der Waals surface area (Å²) in [4.78, 5) is 22.8. The largest absolute Gasteiger partial charge is 0.465 e. The Hall–Kier alpha value is -2.28. The fourth-order valence-corrected chi connectivity index (χ4v) is 2.38. The van der Waals surface area contributed by atoms with Gasteiger partial charge in [-0.15, -0.1) is 0 Å². The average Bonchev–Trinajstić information content (AvgIpc) is 2.50. The maximum absolute atomic E-state index is 13.5. The Morgan fingerprint density at radius 2 is 1.95 bits per heavy atom. The molecule has 0 radical (unpaired) electrons. The summed E-state index contributed by atoms with van der Waals surface area (Å²) in [7, 11) is 1.17. The molecule has 0 saturated carbocycles. The molecule has 0 aliphatic heterocycles. The SMILES string of the molecule is COC(=O)c1cc(F)cc(Br)c1Nc1ccc(F)cc1C=O. The van der Waals surface area contributed by atoms with Gasteiger partial charge in [0.2, 0.25) is 0 Å². The molecule has 0 aromatic heterocycles. The molecule has 4 nitrogen and oxygen atoms in total. The van der Waals surface area contributed by atoms with E-state index in [1.165, 1.54) is 13.2 Å². The van der Waals surface area contributed by atoms with Crippen molar-refractivity contribution in [2.45, 2.75) is 0 Å². The first kappa shape index (κ1) is 16.1. The Labute approximate surface area is 133 Å². The summed E-state index contributed by atoms with van der Waals surface area (Å²) in [5.74, 6) is -1.95. The van der Waals surface area contributed by atoms with Crippen LogP contribution in [-0.2, 0) is 4.74 Å². The van der Waals surface area contributed by atoms with Crippen molar-refractivity contribution in [3.05, 3.63) is 57.6 Å². The normalized spacial score (nSPS) is 10.2. The van der Waals surface area contributed by atoms with Crippen molar-refractivity contribution in [1.82, 2.24) is 0 Å². The van der Waals surface area contributed by atoms with E-state index in [-0.39, 0.29) is 27.0 Å². The minimum atomic E-state index is -0.752. The first-order valence-electron chi connectivity index (χ1n) is 6.05. The van der Waals surface area contributed by atoms with E-state index in [0.717, 1.165) is 24.3 Å². The lowest BCUT2D eigenvalue weighted by molar-refractivity contribution is 0.0601. The van der Waals surface area contributed by atoms with Gasteiger partial charge in [-0.05, 0) is 46.3 Å². The fraction of sp³-hybridized carbons (Fsp3) is 0.0667. The molecule has 2 aromatic carbocycles. The topological polar surface area (TPSA) is 55.4 Å². The predicted molar refractivity (Wildman–Crippen MR) is 80.5 cm³/mol. The summed E-state index contributed by atoms with van der Waals surface area (Å²) in [6.45, 7) is 0. The Balaban J connectivity index is 2.54. The molecular weight excluding hydrogens is 360 g/mol. The van der Waals surface area contributed by atoms with Gasteiger partial charge in [-0.2, -0.15) is 0 Å². The fourth-order valence-electron chi connectivity index (χ4n) is 1.85. The summed E-state index contributed by atoms with van der Waals surface area (Å²) in [5, 5.41) is 2.82. The highest BCUT2D eigenvalue weighted by Crippen LogP contribution is 2.32. The number of ether oxygens (including phenoxy) is 1. The molecule has 0 unspecified atom stereocenters. The zero-order chi connectivity index (χ0) is 16.3. The third-order valence-electron chi connectivity index (χ3n) is 2.86. The lowest BCUT2D eigenvalue weighted by Crippen LogP contribution is -2.08. The molecule has 0 spiro atoms. The van der Waals surface area contributed by atoms with Crippen LogP contribution in [0.4, 0.5) is 20.2 Å². The van der Waals surface area contributed by atoms with E-state index in [2.05, 4.69) is 26.0 Å². The second kappa shape index (κ2) is 6.65. The van der Waals surface area contributed by atoms with Gasteiger partial charge in [-0.1, -0.05) is 0 Å². The van der Waals surface area contributed by atoms with E-state index in [4.69, 9.17) is 0 Å². The van der Waals surface area contributed by atoms with Crippen LogP contribution in [0.15, 0.2) is 34.8 Å². The third-order valence-corrected chi connectivity index (χ3v) is 3.49. The predicted octanol–water partition coefficient (Wildman–Crippen LogP) is 4.07. The molecule has 0 fully saturated rings. The van der Waals surface area contributed by atoms with Crippen LogP contribution in [0.2, 0.25) is 0 Å². The number of halogens is 3. The first-order valence-corrected chi connectivity index (χ1v) is 6.84. The minimum Gasteiger partial charge on any atom is -0.465 e. The molecule has 0 saturated heterocycles. The Morgan fingerprint density at radius 3 is 2.59 bits per heavy atom. The number of esters is 1. The number of carbonyl (C=O) groups excluding carboxylic acids is 2. The molecule has 0 aliphatic rings. The molecule has 2 aromatic rings. The van der Waals surface area contributed by atoms with Gasteiger partial charge in [0.1, 0.15) is 11.6 Å². The van der Waals surface area contributed by atoms with E-state index in [1.54, 1.807) is 0 Å². The summed E-state index contributed by atoms with van der Waals surface area (Å²) in [6.07, 6.45) is 0.473. The van der Waals surface area contributed by atoms with Crippen LogP contribution >= 0.6 is 15.9 Å². The molecule has 7 heteroatoms. The van der Waals surface area contributed by atoms with Gasteiger partial charge in [0.05, 0.1) is 18.4 Å². The van der Waals surface area contributed by atoms with Crippen LogP contribution in [-0.4, -0.2) is 19.4 Å². The van der Waals surface area contributed by atoms with Gasteiger partial charge < -0.3 is 10.1 Å². The summed E-state index contributed by atoms with van der Waals surface area (Å²) in [5.41, 5.74) is 0.486. The number of anilines is 2.